The van der Waals surface area contributed by atoms with Crippen LogP contribution in [0.1, 0.15) is 26.4 Å². The Hall–Kier alpha value is -2.69. The number of nitrogens with zero attached hydrogens (tertiary/aromatic N) is 2. The number of pyridine rings is 1. The van der Waals surface area contributed by atoms with Gasteiger partial charge in [-0.05, 0) is 31.2 Å². The van der Waals surface area contributed by atoms with E-state index in [1.807, 2.05) is 6.92 Å². The molecule has 5 heteroatoms. The van der Waals surface area contributed by atoms with Crippen molar-refractivity contribution in [3.63, 3.8) is 0 Å². The number of nitrogen functional groups attached to an aromatic ring is 1. The van der Waals surface area contributed by atoms with E-state index in [1.165, 1.54) is 6.20 Å². The summed E-state index contributed by atoms with van der Waals surface area (Å²) < 4.78 is 0. The number of fused-ring (bicyclic) bond motifs is 1. The van der Waals surface area contributed by atoms with Gasteiger partial charge >= 0.3 is 0 Å². The van der Waals surface area contributed by atoms with Crippen LogP contribution in [-0.4, -0.2) is 16.8 Å². The minimum Gasteiger partial charge on any atom is -0.398 e. The number of nitrogens with two attached hydrogens (primary N) is 1. The summed E-state index contributed by atoms with van der Waals surface area (Å²) >= 11 is 0. The smallest absolute Gasteiger partial charge is 0.268 e. The second-order valence-electron chi connectivity index (χ2n) is 4.37. The summed E-state index contributed by atoms with van der Waals surface area (Å²) in [6.45, 7) is 1.84. The molecule has 0 unspecified atom stereocenters. The van der Waals surface area contributed by atoms with Gasteiger partial charge in [0, 0.05) is 11.4 Å². The molecule has 0 aliphatic carbocycles. The van der Waals surface area contributed by atoms with Crippen molar-refractivity contribution in [3.05, 3.63) is 53.3 Å². The fourth-order valence-electron chi connectivity index (χ4n) is 2.14. The summed E-state index contributed by atoms with van der Waals surface area (Å²) in [4.78, 5) is 29.8. The van der Waals surface area contributed by atoms with Crippen LogP contribution in [0.5, 0.6) is 0 Å². The molecule has 3 rings (SSSR count). The molecule has 0 spiro atoms. The fourth-order valence-corrected chi connectivity index (χ4v) is 2.14. The van der Waals surface area contributed by atoms with Crippen LogP contribution >= 0.6 is 0 Å². The van der Waals surface area contributed by atoms with E-state index in [2.05, 4.69) is 4.98 Å². The van der Waals surface area contributed by atoms with Gasteiger partial charge in [0.05, 0.1) is 23.0 Å². The average molecular weight is 253 g/mol. The van der Waals surface area contributed by atoms with Gasteiger partial charge in [-0.3, -0.25) is 14.6 Å². The van der Waals surface area contributed by atoms with E-state index in [0.717, 1.165) is 10.6 Å². The van der Waals surface area contributed by atoms with Crippen LogP contribution in [0.15, 0.2) is 36.5 Å². The van der Waals surface area contributed by atoms with Crippen LogP contribution < -0.4 is 10.6 Å². The van der Waals surface area contributed by atoms with E-state index in [0.29, 0.717) is 16.9 Å². The van der Waals surface area contributed by atoms with Crippen LogP contribution in [0.2, 0.25) is 0 Å². The Morgan fingerprint density at radius 2 is 1.89 bits per heavy atom. The van der Waals surface area contributed by atoms with E-state index in [9.17, 15) is 9.59 Å². The van der Waals surface area contributed by atoms with Crippen LogP contribution in [0.3, 0.4) is 0 Å². The second kappa shape index (κ2) is 3.91. The molecule has 19 heavy (non-hydrogen) atoms. The molecule has 0 radical (unpaired) electrons. The van der Waals surface area contributed by atoms with Crippen molar-refractivity contribution in [1.29, 1.82) is 0 Å². The van der Waals surface area contributed by atoms with Crippen LogP contribution in [0.4, 0.5) is 11.4 Å². The van der Waals surface area contributed by atoms with Crippen molar-refractivity contribution in [2.45, 2.75) is 6.92 Å². The number of hydrogen-bond donors (Lipinski definition) is 1. The molecular weight excluding hydrogens is 242 g/mol. The molecule has 1 aromatic heterocycles. The number of rotatable bonds is 1. The Labute approximate surface area is 109 Å². The Bertz CT molecular complexity index is 692. The zero-order chi connectivity index (χ0) is 13.6. The molecule has 2 N–H and O–H groups in total. The first kappa shape index (κ1) is 11.4. The first-order chi connectivity index (χ1) is 9.09. The molecule has 2 amide bonds. The van der Waals surface area contributed by atoms with Gasteiger partial charge < -0.3 is 5.73 Å². The number of amides is 2. The lowest BCUT2D eigenvalue weighted by atomic mass is 10.1. The van der Waals surface area contributed by atoms with Gasteiger partial charge in [0.2, 0.25) is 0 Å². The van der Waals surface area contributed by atoms with Crippen molar-refractivity contribution < 1.29 is 9.59 Å². The molecule has 0 bridgehead atoms. The van der Waals surface area contributed by atoms with Gasteiger partial charge in [-0.25, -0.2) is 4.90 Å². The Morgan fingerprint density at radius 3 is 2.53 bits per heavy atom. The predicted molar refractivity (Wildman–Crippen MR) is 71.0 cm³/mol. The van der Waals surface area contributed by atoms with Crippen molar-refractivity contribution in [3.8, 4) is 0 Å². The Balaban J connectivity index is 2.13. The lowest BCUT2D eigenvalue weighted by Crippen LogP contribution is -2.29. The standard InChI is InChI=1S/C14H11N3O2/c1-8-5-6-9(7-16-8)17-13(18)10-3-2-4-11(15)12(10)14(17)19/h2-7H,15H2,1H3. The van der Waals surface area contributed by atoms with Gasteiger partial charge in [-0.2, -0.15) is 0 Å². The first-order valence-electron chi connectivity index (χ1n) is 5.79. The molecule has 1 aliphatic heterocycles. The topological polar surface area (TPSA) is 76.3 Å². The summed E-state index contributed by atoms with van der Waals surface area (Å²) in [6, 6.07) is 8.33. The molecule has 5 nitrogen and oxygen atoms in total. The molecule has 0 saturated heterocycles. The molecule has 1 aliphatic rings. The molecule has 1 aromatic carbocycles. The van der Waals surface area contributed by atoms with Crippen LogP contribution in [0.25, 0.3) is 0 Å². The Kier molecular flexibility index (Phi) is 2.35. The summed E-state index contributed by atoms with van der Waals surface area (Å²) in [5.41, 5.74) is 7.98. The molecular formula is C14H11N3O2. The number of carbonyl (C=O) groups excluding carboxylic acids is 2. The molecule has 2 aromatic rings. The summed E-state index contributed by atoms with van der Waals surface area (Å²) in [5.74, 6) is -0.762. The number of hydrogen-bond acceptors (Lipinski definition) is 4. The average Bonchev–Trinajstić information content (AvgIpc) is 2.65. The van der Waals surface area contributed by atoms with Gasteiger partial charge in [-0.1, -0.05) is 6.07 Å². The summed E-state index contributed by atoms with van der Waals surface area (Å²) in [7, 11) is 0. The largest absolute Gasteiger partial charge is 0.398 e. The first-order valence-corrected chi connectivity index (χ1v) is 5.79. The SMILES string of the molecule is Cc1ccc(N2C(=O)c3cccc(N)c3C2=O)cn1. The van der Waals surface area contributed by atoms with Gasteiger partial charge in [0.15, 0.2) is 0 Å². The predicted octanol–water partition coefficient (Wildman–Crippen LogP) is 1.77. The quantitative estimate of drug-likeness (QED) is 0.620. The van der Waals surface area contributed by atoms with E-state index >= 15 is 0 Å². The molecule has 2 heterocycles. The summed E-state index contributed by atoms with van der Waals surface area (Å²) in [6.07, 6.45) is 1.51. The third-order valence-electron chi connectivity index (χ3n) is 3.10. The minimum atomic E-state index is -0.399. The van der Waals surface area contributed by atoms with E-state index < -0.39 is 5.91 Å². The van der Waals surface area contributed by atoms with E-state index in [1.54, 1.807) is 30.3 Å². The lowest BCUT2D eigenvalue weighted by Gasteiger charge is -2.13. The zero-order valence-corrected chi connectivity index (χ0v) is 10.3. The molecule has 0 saturated carbocycles. The normalized spacial score (nSPS) is 13.8. The van der Waals surface area contributed by atoms with E-state index in [4.69, 9.17) is 5.73 Å². The monoisotopic (exact) mass is 253 g/mol. The van der Waals surface area contributed by atoms with Gasteiger partial charge in [0.25, 0.3) is 11.8 Å². The number of carbonyl (C=O) groups is 2. The molecule has 0 atom stereocenters. The number of aryl methyl sites for hydroxylation is 1. The summed E-state index contributed by atoms with van der Waals surface area (Å²) in [5, 5.41) is 0. The highest BCUT2D eigenvalue weighted by Gasteiger charge is 2.38. The van der Waals surface area contributed by atoms with E-state index in [-0.39, 0.29) is 11.5 Å². The van der Waals surface area contributed by atoms with Crippen molar-refractivity contribution in [2.75, 3.05) is 10.6 Å². The van der Waals surface area contributed by atoms with Crippen LogP contribution in [0, 0.1) is 6.92 Å². The number of imide groups is 1. The van der Waals surface area contributed by atoms with Crippen molar-refractivity contribution in [2.24, 2.45) is 0 Å². The number of anilines is 2. The highest BCUT2D eigenvalue weighted by Crippen LogP contribution is 2.31. The van der Waals surface area contributed by atoms with Crippen molar-refractivity contribution in [1.82, 2.24) is 4.98 Å². The van der Waals surface area contributed by atoms with Crippen molar-refractivity contribution >= 4 is 23.2 Å². The zero-order valence-electron chi connectivity index (χ0n) is 10.3. The maximum absolute atomic E-state index is 12.3. The lowest BCUT2D eigenvalue weighted by molar-refractivity contribution is 0.0926. The fraction of sp³-hybridized carbons (Fsp3) is 0.0714. The Morgan fingerprint density at radius 1 is 1.11 bits per heavy atom. The number of benzene rings is 1. The highest BCUT2D eigenvalue weighted by atomic mass is 16.2. The minimum absolute atomic E-state index is 0.271. The van der Waals surface area contributed by atoms with Crippen LogP contribution in [-0.2, 0) is 0 Å². The number of aromatic nitrogens is 1. The van der Waals surface area contributed by atoms with Gasteiger partial charge in [-0.15, -0.1) is 0 Å². The molecule has 94 valence electrons. The third-order valence-corrected chi connectivity index (χ3v) is 3.10. The maximum Gasteiger partial charge on any atom is 0.268 e. The van der Waals surface area contributed by atoms with Gasteiger partial charge in [0.1, 0.15) is 0 Å². The third kappa shape index (κ3) is 1.59. The molecule has 0 fully saturated rings. The maximum atomic E-state index is 12.3. The second-order valence-corrected chi connectivity index (χ2v) is 4.37. The highest BCUT2D eigenvalue weighted by molar-refractivity contribution is 6.35.